The molecule has 0 aliphatic rings. The van der Waals surface area contributed by atoms with E-state index in [9.17, 15) is 9.90 Å². The number of carbonyl (C=O) groups excluding carboxylic acids is 1. The zero-order valence-electron chi connectivity index (χ0n) is 11.4. The van der Waals surface area contributed by atoms with E-state index in [0.29, 0.717) is 29.9 Å². The van der Waals surface area contributed by atoms with Crippen LogP contribution in [-0.4, -0.2) is 43.2 Å². The number of ether oxygens (including phenoxy) is 1. The highest BCUT2D eigenvalue weighted by atomic mass is 79.9. The Balaban J connectivity index is 2.71. The van der Waals surface area contributed by atoms with Gasteiger partial charge in [-0.3, -0.25) is 9.69 Å². The molecule has 0 saturated carbocycles. The van der Waals surface area contributed by atoms with Crippen molar-refractivity contribution in [2.24, 2.45) is 0 Å². The van der Waals surface area contributed by atoms with E-state index in [1.54, 1.807) is 6.07 Å². The first-order valence-electron chi connectivity index (χ1n) is 5.98. The fourth-order valence-corrected chi connectivity index (χ4v) is 2.23. The molecule has 0 heterocycles. The number of hydrogen-bond donors (Lipinski definition) is 2. The summed E-state index contributed by atoms with van der Waals surface area (Å²) in [6.07, 6.45) is 0. The molecule has 1 amide bonds. The van der Waals surface area contributed by atoms with E-state index < -0.39 is 0 Å². The number of phenolic OH excluding ortho intramolecular Hbond substituents is 1. The minimum atomic E-state index is -0.00481. The van der Waals surface area contributed by atoms with Crippen LogP contribution in [0, 0.1) is 0 Å². The summed E-state index contributed by atoms with van der Waals surface area (Å²) >= 11 is 3.28. The van der Waals surface area contributed by atoms with Gasteiger partial charge in [0.05, 0.1) is 18.1 Å². The lowest BCUT2D eigenvalue weighted by Gasteiger charge is -2.17. The second-order valence-corrected chi connectivity index (χ2v) is 5.11. The molecule has 0 aliphatic heterocycles. The maximum absolute atomic E-state index is 11.5. The number of rotatable bonds is 6. The maximum Gasteiger partial charge on any atom is 0.234 e. The van der Waals surface area contributed by atoms with Crippen LogP contribution in [0.25, 0.3) is 0 Å². The van der Waals surface area contributed by atoms with Crippen molar-refractivity contribution >= 4 is 21.8 Å². The smallest absolute Gasteiger partial charge is 0.234 e. The van der Waals surface area contributed by atoms with Gasteiger partial charge in [0, 0.05) is 13.1 Å². The number of nitrogens with zero attached hydrogens (tertiary/aromatic N) is 1. The van der Waals surface area contributed by atoms with Crippen LogP contribution in [0.2, 0.25) is 0 Å². The van der Waals surface area contributed by atoms with E-state index >= 15 is 0 Å². The van der Waals surface area contributed by atoms with Crippen molar-refractivity contribution in [1.29, 1.82) is 0 Å². The normalized spacial score (nSPS) is 10.6. The summed E-state index contributed by atoms with van der Waals surface area (Å²) in [5, 5.41) is 12.5. The van der Waals surface area contributed by atoms with Gasteiger partial charge in [0.2, 0.25) is 5.91 Å². The van der Waals surface area contributed by atoms with Crippen LogP contribution in [-0.2, 0) is 11.3 Å². The molecule has 19 heavy (non-hydrogen) atoms. The number of hydrogen-bond acceptors (Lipinski definition) is 4. The molecular weight excluding hydrogens is 312 g/mol. The van der Waals surface area contributed by atoms with Crippen molar-refractivity contribution in [1.82, 2.24) is 10.2 Å². The Hall–Kier alpha value is -1.27. The van der Waals surface area contributed by atoms with Crippen molar-refractivity contribution in [3.05, 3.63) is 22.2 Å². The molecule has 0 atom stereocenters. The van der Waals surface area contributed by atoms with E-state index in [1.807, 2.05) is 24.9 Å². The van der Waals surface area contributed by atoms with Gasteiger partial charge in [0.1, 0.15) is 0 Å². The molecule has 6 heteroatoms. The summed E-state index contributed by atoms with van der Waals surface area (Å²) in [5.41, 5.74) is 0.952. The Kier molecular flexibility index (Phi) is 6.11. The number of amides is 1. The van der Waals surface area contributed by atoms with Crippen LogP contribution < -0.4 is 10.1 Å². The molecule has 1 aromatic carbocycles. The van der Waals surface area contributed by atoms with Gasteiger partial charge in [-0.1, -0.05) is 0 Å². The van der Waals surface area contributed by atoms with Gasteiger partial charge in [-0.25, -0.2) is 0 Å². The van der Waals surface area contributed by atoms with Crippen molar-refractivity contribution in [2.75, 3.05) is 27.2 Å². The van der Waals surface area contributed by atoms with Gasteiger partial charge >= 0.3 is 0 Å². The molecule has 0 fully saturated rings. The Morgan fingerprint density at radius 1 is 1.53 bits per heavy atom. The second kappa shape index (κ2) is 7.35. The summed E-state index contributed by atoms with van der Waals surface area (Å²) in [6, 6.07) is 3.57. The highest BCUT2D eigenvalue weighted by molar-refractivity contribution is 9.10. The topological polar surface area (TPSA) is 61.8 Å². The molecule has 2 N–H and O–H groups in total. The third-order valence-electron chi connectivity index (χ3n) is 2.55. The van der Waals surface area contributed by atoms with Crippen molar-refractivity contribution in [3.63, 3.8) is 0 Å². The Morgan fingerprint density at radius 2 is 2.21 bits per heavy atom. The highest BCUT2D eigenvalue weighted by Crippen LogP contribution is 2.35. The minimum absolute atomic E-state index is 0.00481. The fourth-order valence-electron chi connectivity index (χ4n) is 1.74. The number of benzene rings is 1. The summed E-state index contributed by atoms with van der Waals surface area (Å²) in [6.45, 7) is 3.44. The standard InChI is InChI=1S/C13H19BrN2O3/c1-4-15-12(17)8-16(2)7-9-5-10(14)13(18)11(6-9)19-3/h5-6,18H,4,7-8H2,1-3H3,(H,15,17). The molecule has 106 valence electrons. The molecule has 0 aliphatic carbocycles. The van der Waals surface area contributed by atoms with Gasteiger partial charge in [0.15, 0.2) is 11.5 Å². The summed E-state index contributed by atoms with van der Waals surface area (Å²) in [5.74, 6) is 0.489. The van der Waals surface area contributed by atoms with Crippen LogP contribution >= 0.6 is 15.9 Å². The van der Waals surface area contributed by atoms with Crippen LogP contribution in [0.15, 0.2) is 16.6 Å². The molecule has 1 aromatic rings. The molecular formula is C13H19BrN2O3. The third-order valence-corrected chi connectivity index (χ3v) is 3.15. The van der Waals surface area contributed by atoms with Crippen LogP contribution in [0.4, 0.5) is 0 Å². The van der Waals surface area contributed by atoms with Crippen molar-refractivity contribution in [2.45, 2.75) is 13.5 Å². The number of phenols is 1. The largest absolute Gasteiger partial charge is 0.503 e. The monoisotopic (exact) mass is 330 g/mol. The first-order chi connectivity index (χ1) is 8.97. The van der Waals surface area contributed by atoms with Crippen LogP contribution in [0.3, 0.4) is 0 Å². The second-order valence-electron chi connectivity index (χ2n) is 4.25. The van der Waals surface area contributed by atoms with E-state index in [2.05, 4.69) is 21.2 Å². The minimum Gasteiger partial charge on any atom is -0.503 e. The van der Waals surface area contributed by atoms with E-state index in [0.717, 1.165) is 5.56 Å². The van der Waals surface area contributed by atoms with Gasteiger partial charge in [-0.05, 0) is 47.6 Å². The van der Waals surface area contributed by atoms with Gasteiger partial charge in [-0.2, -0.15) is 0 Å². The first kappa shape index (κ1) is 15.8. The Morgan fingerprint density at radius 3 is 2.79 bits per heavy atom. The third kappa shape index (κ3) is 4.72. The average Bonchev–Trinajstić information content (AvgIpc) is 2.33. The molecule has 0 saturated heterocycles. The lowest BCUT2D eigenvalue weighted by atomic mass is 10.2. The molecule has 0 bridgehead atoms. The Labute approximate surface area is 121 Å². The SMILES string of the molecule is CCNC(=O)CN(C)Cc1cc(Br)c(O)c(OC)c1. The molecule has 0 aromatic heterocycles. The highest BCUT2D eigenvalue weighted by Gasteiger charge is 2.11. The number of aromatic hydroxyl groups is 1. The van der Waals surface area contributed by atoms with Crippen LogP contribution in [0.1, 0.15) is 12.5 Å². The molecule has 1 rings (SSSR count). The first-order valence-corrected chi connectivity index (χ1v) is 6.77. The molecule has 5 nitrogen and oxygen atoms in total. The number of methoxy groups -OCH3 is 1. The summed E-state index contributed by atoms with van der Waals surface area (Å²) in [4.78, 5) is 13.4. The maximum atomic E-state index is 11.5. The van der Waals surface area contributed by atoms with E-state index in [-0.39, 0.29) is 11.7 Å². The lowest BCUT2D eigenvalue weighted by Crippen LogP contribution is -2.34. The quantitative estimate of drug-likeness (QED) is 0.833. The fraction of sp³-hybridized carbons (Fsp3) is 0.462. The van der Waals surface area contributed by atoms with Gasteiger partial charge in [0.25, 0.3) is 0 Å². The predicted molar refractivity (Wildman–Crippen MR) is 77.4 cm³/mol. The number of halogens is 1. The van der Waals surface area contributed by atoms with E-state index in [4.69, 9.17) is 4.74 Å². The predicted octanol–water partition coefficient (Wildman–Crippen LogP) is 1.73. The summed E-state index contributed by atoms with van der Waals surface area (Å²) in [7, 11) is 3.37. The average molecular weight is 331 g/mol. The molecule has 0 spiro atoms. The number of carbonyl (C=O) groups is 1. The summed E-state index contributed by atoms with van der Waals surface area (Å²) < 4.78 is 5.67. The van der Waals surface area contributed by atoms with Crippen molar-refractivity contribution < 1.29 is 14.6 Å². The van der Waals surface area contributed by atoms with Gasteiger partial charge in [-0.15, -0.1) is 0 Å². The Bertz CT molecular complexity index is 452. The zero-order chi connectivity index (χ0) is 14.4. The van der Waals surface area contributed by atoms with E-state index in [1.165, 1.54) is 7.11 Å². The van der Waals surface area contributed by atoms with Crippen molar-refractivity contribution in [3.8, 4) is 11.5 Å². The number of likely N-dealkylation sites (N-methyl/N-ethyl adjacent to an activating group) is 2. The molecule has 0 unspecified atom stereocenters. The van der Waals surface area contributed by atoms with Gasteiger partial charge < -0.3 is 15.2 Å². The molecule has 0 radical (unpaired) electrons. The zero-order valence-corrected chi connectivity index (χ0v) is 13.0. The lowest BCUT2D eigenvalue weighted by molar-refractivity contribution is -0.121. The van der Waals surface area contributed by atoms with Crippen LogP contribution in [0.5, 0.6) is 11.5 Å². The number of nitrogens with one attached hydrogen (secondary N) is 1.